The van der Waals surface area contributed by atoms with Gasteiger partial charge in [-0.05, 0) is 68.6 Å². The molecular formula is C21H24ClNO. The Morgan fingerprint density at radius 3 is 2.54 bits per heavy atom. The van der Waals surface area contributed by atoms with E-state index in [2.05, 4.69) is 30.1 Å². The van der Waals surface area contributed by atoms with Crippen LogP contribution in [0.25, 0.3) is 0 Å². The van der Waals surface area contributed by atoms with Crippen LogP contribution in [-0.2, 0) is 12.8 Å². The van der Waals surface area contributed by atoms with Crippen LogP contribution >= 0.6 is 11.6 Å². The number of ketones is 1. The molecule has 0 unspecified atom stereocenters. The summed E-state index contributed by atoms with van der Waals surface area (Å²) in [5.74, 6) is 0.841. The number of benzene rings is 2. The lowest BCUT2D eigenvalue weighted by atomic mass is 9.89. The second kappa shape index (κ2) is 7.96. The Bertz CT molecular complexity index is 704. The minimum Gasteiger partial charge on any atom is -0.306 e. The molecule has 3 heteroatoms. The van der Waals surface area contributed by atoms with Gasteiger partial charge in [0.15, 0.2) is 5.78 Å². The van der Waals surface area contributed by atoms with Crippen molar-refractivity contribution in [2.45, 2.75) is 25.7 Å². The monoisotopic (exact) mass is 341 g/mol. The predicted octanol–water partition coefficient (Wildman–Crippen LogP) is 4.65. The van der Waals surface area contributed by atoms with Gasteiger partial charge in [0.1, 0.15) is 0 Å². The second-order valence-electron chi connectivity index (χ2n) is 6.85. The summed E-state index contributed by atoms with van der Waals surface area (Å²) < 4.78 is 0. The summed E-state index contributed by atoms with van der Waals surface area (Å²) in [6.07, 6.45) is 4.05. The van der Waals surface area contributed by atoms with Gasteiger partial charge in [-0.2, -0.15) is 0 Å². The fourth-order valence-corrected chi connectivity index (χ4v) is 3.68. The second-order valence-corrected chi connectivity index (χ2v) is 7.26. The highest BCUT2D eigenvalue weighted by Crippen LogP contribution is 2.22. The van der Waals surface area contributed by atoms with Crippen LogP contribution in [0.15, 0.2) is 48.5 Å². The third-order valence-electron chi connectivity index (χ3n) is 4.89. The highest BCUT2D eigenvalue weighted by Gasteiger charge is 2.17. The maximum atomic E-state index is 12.5. The fraction of sp³-hybridized carbons (Fsp3) is 0.381. The van der Waals surface area contributed by atoms with Crippen molar-refractivity contribution < 1.29 is 4.79 Å². The molecule has 24 heavy (non-hydrogen) atoms. The summed E-state index contributed by atoms with van der Waals surface area (Å²) in [4.78, 5) is 14.9. The van der Waals surface area contributed by atoms with Gasteiger partial charge in [0.25, 0.3) is 0 Å². The summed E-state index contributed by atoms with van der Waals surface area (Å²) in [6, 6.07) is 15.7. The number of Topliss-reactive ketones (excluding diaryl/α,β-unsaturated/α-hetero) is 1. The van der Waals surface area contributed by atoms with Gasteiger partial charge in [-0.3, -0.25) is 4.79 Å². The lowest BCUT2D eigenvalue weighted by Crippen LogP contribution is -2.30. The lowest BCUT2D eigenvalue weighted by molar-refractivity contribution is 0.0993. The number of carbonyl (C=O) groups is 1. The van der Waals surface area contributed by atoms with Crippen molar-refractivity contribution in [1.82, 2.24) is 4.90 Å². The van der Waals surface area contributed by atoms with E-state index in [-0.39, 0.29) is 5.78 Å². The largest absolute Gasteiger partial charge is 0.306 e. The van der Waals surface area contributed by atoms with Gasteiger partial charge in [-0.1, -0.05) is 48.0 Å². The van der Waals surface area contributed by atoms with Crippen LogP contribution in [0.2, 0.25) is 5.02 Å². The Kier molecular flexibility index (Phi) is 5.70. The zero-order valence-electron chi connectivity index (χ0n) is 14.2. The molecule has 126 valence electrons. The van der Waals surface area contributed by atoms with Crippen molar-refractivity contribution in [2.75, 3.05) is 20.1 Å². The SMILES string of the molecule is CN1CCC(Cc2cccc(CC(=O)c3ccccc3Cl)c2)CC1. The standard InChI is InChI=1S/C21H24ClNO/c1-23-11-9-16(10-12-23)13-17-5-4-6-18(14-17)15-21(24)19-7-2-3-8-20(19)22/h2-8,14,16H,9-13,15H2,1H3. The molecular weight excluding hydrogens is 318 g/mol. The summed E-state index contributed by atoms with van der Waals surface area (Å²) in [6.45, 7) is 2.38. The van der Waals surface area contributed by atoms with E-state index in [9.17, 15) is 4.79 Å². The minimum absolute atomic E-state index is 0.0806. The molecule has 1 heterocycles. The maximum Gasteiger partial charge on any atom is 0.168 e. The molecule has 0 bridgehead atoms. The molecule has 0 N–H and O–H groups in total. The molecule has 3 rings (SSSR count). The Morgan fingerprint density at radius 2 is 1.79 bits per heavy atom. The minimum atomic E-state index is 0.0806. The maximum absolute atomic E-state index is 12.5. The smallest absolute Gasteiger partial charge is 0.168 e. The van der Waals surface area contributed by atoms with Crippen molar-refractivity contribution in [3.8, 4) is 0 Å². The van der Waals surface area contributed by atoms with Crippen molar-refractivity contribution >= 4 is 17.4 Å². The van der Waals surface area contributed by atoms with Crippen LogP contribution in [0, 0.1) is 5.92 Å². The number of likely N-dealkylation sites (tertiary alicyclic amines) is 1. The summed E-state index contributed by atoms with van der Waals surface area (Å²) in [7, 11) is 2.19. The van der Waals surface area contributed by atoms with Crippen molar-refractivity contribution in [3.63, 3.8) is 0 Å². The number of nitrogens with zero attached hydrogens (tertiary/aromatic N) is 1. The molecule has 1 fully saturated rings. The Labute approximate surface area is 149 Å². The molecule has 2 nitrogen and oxygen atoms in total. The Morgan fingerprint density at radius 1 is 1.08 bits per heavy atom. The number of piperidine rings is 1. The van der Waals surface area contributed by atoms with E-state index in [1.165, 1.54) is 31.5 Å². The Hall–Kier alpha value is -1.64. The van der Waals surface area contributed by atoms with E-state index in [0.717, 1.165) is 17.9 Å². The fourth-order valence-electron chi connectivity index (χ4n) is 3.43. The molecule has 2 aromatic rings. The molecule has 0 aromatic heterocycles. The van der Waals surface area contributed by atoms with E-state index in [1.54, 1.807) is 12.1 Å². The number of hydrogen-bond donors (Lipinski definition) is 0. The molecule has 0 radical (unpaired) electrons. The first kappa shape index (κ1) is 17.2. The highest BCUT2D eigenvalue weighted by molar-refractivity contribution is 6.34. The summed E-state index contributed by atoms with van der Waals surface area (Å²) in [5, 5.41) is 0.532. The van der Waals surface area contributed by atoms with Crippen LogP contribution in [0.1, 0.15) is 34.3 Å². The van der Waals surface area contributed by atoms with Crippen LogP contribution in [0.3, 0.4) is 0 Å². The van der Waals surface area contributed by atoms with Gasteiger partial charge in [-0.15, -0.1) is 0 Å². The van der Waals surface area contributed by atoms with Crippen LogP contribution in [-0.4, -0.2) is 30.8 Å². The molecule has 1 aliphatic rings. The topological polar surface area (TPSA) is 20.3 Å². The first-order chi connectivity index (χ1) is 11.6. The van der Waals surface area contributed by atoms with Gasteiger partial charge < -0.3 is 4.90 Å². The zero-order chi connectivity index (χ0) is 16.9. The predicted molar refractivity (Wildman–Crippen MR) is 99.9 cm³/mol. The molecule has 0 aliphatic carbocycles. The number of carbonyl (C=O) groups excluding carboxylic acids is 1. The average Bonchev–Trinajstić information content (AvgIpc) is 2.58. The number of rotatable bonds is 5. The van der Waals surface area contributed by atoms with Gasteiger partial charge in [-0.25, -0.2) is 0 Å². The number of hydrogen-bond acceptors (Lipinski definition) is 2. The van der Waals surface area contributed by atoms with Gasteiger partial charge in [0.2, 0.25) is 0 Å². The number of halogens is 1. The van der Waals surface area contributed by atoms with Gasteiger partial charge in [0, 0.05) is 12.0 Å². The lowest BCUT2D eigenvalue weighted by Gasteiger charge is -2.29. The van der Waals surface area contributed by atoms with E-state index in [4.69, 9.17) is 11.6 Å². The molecule has 0 spiro atoms. The molecule has 0 saturated carbocycles. The van der Waals surface area contributed by atoms with E-state index >= 15 is 0 Å². The van der Waals surface area contributed by atoms with Crippen LogP contribution in [0.4, 0.5) is 0 Å². The van der Waals surface area contributed by atoms with Crippen molar-refractivity contribution in [1.29, 1.82) is 0 Å². The normalized spacial score (nSPS) is 16.2. The molecule has 0 amide bonds. The van der Waals surface area contributed by atoms with E-state index < -0.39 is 0 Å². The first-order valence-corrected chi connectivity index (χ1v) is 9.03. The van der Waals surface area contributed by atoms with Gasteiger partial charge >= 0.3 is 0 Å². The summed E-state index contributed by atoms with van der Waals surface area (Å²) >= 11 is 6.13. The average molecular weight is 342 g/mol. The first-order valence-electron chi connectivity index (χ1n) is 8.66. The molecule has 2 aromatic carbocycles. The Balaban J connectivity index is 1.65. The van der Waals surface area contributed by atoms with Crippen LogP contribution in [0.5, 0.6) is 0 Å². The summed E-state index contributed by atoms with van der Waals surface area (Å²) in [5.41, 5.74) is 3.03. The molecule has 1 saturated heterocycles. The van der Waals surface area contributed by atoms with Crippen molar-refractivity contribution in [2.24, 2.45) is 5.92 Å². The quantitative estimate of drug-likeness (QED) is 0.738. The molecule has 0 atom stereocenters. The third kappa shape index (κ3) is 4.46. The third-order valence-corrected chi connectivity index (χ3v) is 5.22. The van der Waals surface area contributed by atoms with E-state index in [0.29, 0.717) is 17.0 Å². The van der Waals surface area contributed by atoms with Crippen LogP contribution < -0.4 is 0 Å². The zero-order valence-corrected chi connectivity index (χ0v) is 14.9. The van der Waals surface area contributed by atoms with Gasteiger partial charge in [0.05, 0.1) is 5.02 Å². The highest BCUT2D eigenvalue weighted by atomic mass is 35.5. The molecule has 1 aliphatic heterocycles. The van der Waals surface area contributed by atoms with E-state index in [1.807, 2.05) is 18.2 Å². The van der Waals surface area contributed by atoms with Crippen molar-refractivity contribution in [3.05, 3.63) is 70.2 Å².